The van der Waals surface area contributed by atoms with E-state index in [1.165, 1.54) is 18.2 Å². The molecular weight excluding hydrogens is 282 g/mol. The number of hydrogen-bond donors (Lipinski definition) is 1. The van der Waals surface area contributed by atoms with E-state index in [-0.39, 0.29) is 40.0 Å². The fraction of sp³-hybridized carbons (Fsp3) is 0.222. The summed E-state index contributed by atoms with van der Waals surface area (Å²) >= 11 is -2.53. The Labute approximate surface area is 126 Å². The Bertz CT molecular complexity index is 453. The molecular formula is C9H7F3NNaO3S. The van der Waals surface area contributed by atoms with Gasteiger partial charge in [0.05, 0.1) is 0 Å². The molecule has 0 heterocycles. The van der Waals surface area contributed by atoms with Gasteiger partial charge in [-0.05, 0) is 29.3 Å². The van der Waals surface area contributed by atoms with E-state index in [1.54, 1.807) is 5.32 Å². The van der Waals surface area contributed by atoms with Crippen molar-refractivity contribution >= 4 is 17.0 Å². The van der Waals surface area contributed by atoms with Gasteiger partial charge in [-0.3, -0.25) is 9.00 Å². The number of alkyl halides is 3. The molecule has 1 amide bonds. The third-order valence-corrected chi connectivity index (χ3v) is 2.38. The molecule has 0 spiro atoms. The van der Waals surface area contributed by atoms with Gasteiger partial charge in [0, 0.05) is 10.5 Å². The van der Waals surface area contributed by atoms with Crippen LogP contribution >= 0.6 is 0 Å². The van der Waals surface area contributed by atoms with Crippen molar-refractivity contribution < 1.29 is 56.3 Å². The maximum atomic E-state index is 11.8. The molecule has 18 heavy (non-hydrogen) atoms. The average molecular weight is 289 g/mol. The molecule has 0 saturated heterocycles. The third-order valence-electron chi connectivity index (χ3n) is 1.74. The minimum atomic E-state index is -4.51. The molecule has 1 N–H and O–H groups in total. The van der Waals surface area contributed by atoms with Crippen LogP contribution in [-0.4, -0.2) is 27.4 Å². The summed E-state index contributed by atoms with van der Waals surface area (Å²) in [6, 6.07) is 4.72. The van der Waals surface area contributed by atoms with E-state index in [2.05, 4.69) is 0 Å². The van der Waals surface area contributed by atoms with Crippen LogP contribution < -0.4 is 34.9 Å². The first kappa shape index (κ1) is 17.6. The maximum Gasteiger partial charge on any atom is 1.00 e. The van der Waals surface area contributed by atoms with E-state index in [0.29, 0.717) is 0 Å². The minimum Gasteiger partial charge on any atom is -0.768 e. The molecule has 1 aromatic rings. The van der Waals surface area contributed by atoms with E-state index in [0.717, 1.165) is 6.07 Å². The molecule has 0 aliphatic rings. The Hall–Kier alpha value is -0.410. The van der Waals surface area contributed by atoms with Crippen LogP contribution in [0.2, 0.25) is 0 Å². The minimum absolute atomic E-state index is 0. The van der Waals surface area contributed by atoms with E-state index in [1.807, 2.05) is 0 Å². The molecule has 1 unspecified atom stereocenters. The first-order valence-corrected chi connectivity index (χ1v) is 5.41. The topological polar surface area (TPSA) is 69.2 Å². The van der Waals surface area contributed by atoms with Gasteiger partial charge < -0.3 is 9.87 Å². The Morgan fingerprint density at radius 2 is 2.00 bits per heavy atom. The zero-order valence-corrected chi connectivity index (χ0v) is 12.1. The molecule has 0 fully saturated rings. The number of rotatable bonds is 3. The molecule has 1 aromatic carbocycles. The zero-order chi connectivity index (χ0) is 13.1. The summed E-state index contributed by atoms with van der Waals surface area (Å²) < 4.78 is 56.6. The predicted molar refractivity (Wildman–Crippen MR) is 52.0 cm³/mol. The number of hydrogen-bond acceptors (Lipinski definition) is 3. The summed E-state index contributed by atoms with van der Waals surface area (Å²) in [6.45, 7) is -1.46. The molecule has 1 rings (SSSR count). The second kappa shape index (κ2) is 7.25. The van der Waals surface area contributed by atoms with Gasteiger partial charge >= 0.3 is 35.7 Å². The monoisotopic (exact) mass is 289 g/mol. The van der Waals surface area contributed by atoms with E-state index in [9.17, 15) is 26.7 Å². The summed E-state index contributed by atoms with van der Waals surface area (Å²) in [5, 5.41) is 1.64. The fourth-order valence-electron chi connectivity index (χ4n) is 1.02. The van der Waals surface area contributed by atoms with Crippen molar-refractivity contribution in [2.45, 2.75) is 11.1 Å². The molecule has 0 aliphatic heterocycles. The van der Waals surface area contributed by atoms with Gasteiger partial charge in [-0.15, -0.1) is 0 Å². The van der Waals surface area contributed by atoms with Crippen LogP contribution in [0, 0.1) is 0 Å². The van der Waals surface area contributed by atoms with Crippen LogP contribution in [0.3, 0.4) is 0 Å². The Morgan fingerprint density at radius 3 is 2.50 bits per heavy atom. The molecule has 1 atom stereocenters. The number of carbonyl (C=O) groups is 1. The van der Waals surface area contributed by atoms with Crippen LogP contribution in [0.4, 0.5) is 13.2 Å². The predicted octanol–water partition coefficient (Wildman–Crippen LogP) is -1.78. The molecule has 94 valence electrons. The summed E-state index contributed by atoms with van der Waals surface area (Å²) in [5.41, 5.74) is -0.143. The first-order chi connectivity index (χ1) is 7.79. The summed E-state index contributed by atoms with van der Waals surface area (Å²) in [4.78, 5) is 11.1. The van der Waals surface area contributed by atoms with Crippen molar-refractivity contribution in [2.75, 3.05) is 6.54 Å². The molecule has 0 aliphatic carbocycles. The van der Waals surface area contributed by atoms with Gasteiger partial charge in [0.2, 0.25) is 0 Å². The van der Waals surface area contributed by atoms with Crippen molar-refractivity contribution in [1.29, 1.82) is 0 Å². The molecule has 0 bridgehead atoms. The molecule has 0 saturated carbocycles. The SMILES string of the molecule is O=C(NCC(F)(F)F)c1cccc(S(=O)[O-])c1.[Na+]. The van der Waals surface area contributed by atoms with Crippen molar-refractivity contribution in [1.82, 2.24) is 5.32 Å². The van der Waals surface area contributed by atoms with Gasteiger partial charge in [0.15, 0.2) is 0 Å². The van der Waals surface area contributed by atoms with Gasteiger partial charge in [-0.1, -0.05) is 6.07 Å². The van der Waals surface area contributed by atoms with Crippen LogP contribution in [0.1, 0.15) is 10.4 Å². The normalized spacial score (nSPS) is 12.4. The Balaban J connectivity index is 0.00000289. The largest absolute Gasteiger partial charge is 1.00 e. The van der Waals surface area contributed by atoms with Crippen LogP contribution in [-0.2, 0) is 11.1 Å². The molecule has 9 heteroatoms. The summed E-state index contributed by atoms with van der Waals surface area (Å²) in [7, 11) is 0. The number of benzene rings is 1. The Morgan fingerprint density at radius 1 is 1.39 bits per heavy atom. The number of halogens is 3. The van der Waals surface area contributed by atoms with Gasteiger partial charge in [-0.2, -0.15) is 13.2 Å². The Kier molecular flexibility index (Phi) is 7.08. The van der Waals surface area contributed by atoms with Crippen molar-refractivity contribution in [3.05, 3.63) is 29.8 Å². The second-order valence-electron chi connectivity index (χ2n) is 3.06. The van der Waals surface area contributed by atoms with Crippen LogP contribution in [0.25, 0.3) is 0 Å². The standard InChI is InChI=1S/C9H8F3NO3S.Na/c10-9(11,12)5-13-8(14)6-2-1-3-7(4-6)17(15)16;/h1-4H,5H2,(H,13,14)(H,15,16);/q;+1/p-1. The third kappa shape index (κ3) is 5.96. The molecule has 4 nitrogen and oxygen atoms in total. The smallest absolute Gasteiger partial charge is 0.768 e. The zero-order valence-electron chi connectivity index (χ0n) is 9.28. The van der Waals surface area contributed by atoms with E-state index >= 15 is 0 Å². The molecule has 0 aromatic heterocycles. The van der Waals surface area contributed by atoms with Crippen LogP contribution in [0.15, 0.2) is 29.2 Å². The van der Waals surface area contributed by atoms with Crippen molar-refractivity contribution in [3.63, 3.8) is 0 Å². The number of amides is 1. The van der Waals surface area contributed by atoms with Crippen molar-refractivity contribution in [2.24, 2.45) is 0 Å². The average Bonchev–Trinajstić information content (AvgIpc) is 2.25. The van der Waals surface area contributed by atoms with E-state index in [4.69, 9.17) is 0 Å². The summed E-state index contributed by atoms with van der Waals surface area (Å²) in [5.74, 6) is -0.977. The van der Waals surface area contributed by atoms with Gasteiger partial charge in [0.25, 0.3) is 5.91 Å². The van der Waals surface area contributed by atoms with E-state index < -0.39 is 29.7 Å². The fourth-order valence-corrected chi connectivity index (χ4v) is 1.44. The number of nitrogens with one attached hydrogen (secondary N) is 1. The van der Waals surface area contributed by atoms with Crippen LogP contribution in [0.5, 0.6) is 0 Å². The van der Waals surface area contributed by atoms with Crippen molar-refractivity contribution in [3.8, 4) is 0 Å². The quantitative estimate of drug-likeness (QED) is 0.528. The second-order valence-corrected chi connectivity index (χ2v) is 4.00. The van der Waals surface area contributed by atoms with Gasteiger partial charge in [0.1, 0.15) is 6.54 Å². The molecule has 0 radical (unpaired) electrons. The summed E-state index contributed by atoms with van der Waals surface area (Å²) in [6.07, 6.45) is -4.51. The first-order valence-electron chi connectivity index (χ1n) is 4.34. The maximum absolute atomic E-state index is 11.8. The number of carbonyl (C=O) groups excluding carboxylic acids is 1. The van der Waals surface area contributed by atoms with Gasteiger partial charge in [-0.25, -0.2) is 0 Å².